The Morgan fingerprint density at radius 1 is 1.54 bits per heavy atom. The molecule has 0 aliphatic heterocycles. The Morgan fingerprint density at radius 2 is 2.15 bits per heavy atom. The SMILES string of the molecule is Cc1c(CO)cc(C(F)F)nc1F. The van der Waals surface area contributed by atoms with Gasteiger partial charge in [-0.15, -0.1) is 0 Å². The number of hydrogen-bond donors (Lipinski definition) is 1. The van der Waals surface area contributed by atoms with E-state index in [-0.39, 0.29) is 11.1 Å². The Labute approximate surface area is 73.0 Å². The van der Waals surface area contributed by atoms with Crippen LogP contribution in [0.5, 0.6) is 0 Å². The first-order valence-corrected chi connectivity index (χ1v) is 3.61. The van der Waals surface area contributed by atoms with Crippen molar-refractivity contribution in [3.8, 4) is 0 Å². The lowest BCUT2D eigenvalue weighted by molar-refractivity contribution is 0.144. The predicted octanol–water partition coefficient (Wildman–Crippen LogP) is 1.96. The molecule has 0 bridgehead atoms. The lowest BCUT2D eigenvalue weighted by Gasteiger charge is -2.06. The highest BCUT2D eigenvalue weighted by Gasteiger charge is 2.14. The van der Waals surface area contributed by atoms with E-state index < -0.39 is 24.7 Å². The fourth-order valence-corrected chi connectivity index (χ4v) is 0.925. The summed E-state index contributed by atoms with van der Waals surface area (Å²) in [5, 5.41) is 8.71. The fourth-order valence-electron chi connectivity index (χ4n) is 0.925. The molecule has 2 nitrogen and oxygen atoms in total. The average molecular weight is 191 g/mol. The highest BCUT2D eigenvalue weighted by Crippen LogP contribution is 2.20. The molecular formula is C8H8F3NO. The van der Waals surface area contributed by atoms with Crippen LogP contribution in [0.15, 0.2) is 6.07 Å². The van der Waals surface area contributed by atoms with E-state index in [0.29, 0.717) is 0 Å². The molecule has 1 aromatic rings. The summed E-state index contributed by atoms with van der Waals surface area (Å²) in [6.07, 6.45) is -2.82. The Bertz CT molecular complexity index is 315. The second kappa shape index (κ2) is 3.74. The molecule has 0 atom stereocenters. The summed E-state index contributed by atoms with van der Waals surface area (Å²) in [6, 6.07) is 1.00. The zero-order chi connectivity index (χ0) is 10.0. The van der Waals surface area contributed by atoms with Gasteiger partial charge < -0.3 is 5.11 Å². The van der Waals surface area contributed by atoms with Crippen molar-refractivity contribution in [3.05, 3.63) is 28.8 Å². The molecule has 0 aliphatic carbocycles. The smallest absolute Gasteiger partial charge is 0.280 e. The minimum absolute atomic E-state index is 0.104. The molecule has 5 heteroatoms. The standard InChI is InChI=1S/C8H8F3NO/c1-4-5(3-13)2-6(7(9)10)12-8(4)11/h2,7,13H,3H2,1H3. The highest BCUT2D eigenvalue weighted by molar-refractivity contribution is 5.26. The van der Waals surface area contributed by atoms with Gasteiger partial charge in [0.05, 0.1) is 6.61 Å². The molecule has 1 heterocycles. The van der Waals surface area contributed by atoms with E-state index in [0.717, 1.165) is 6.07 Å². The van der Waals surface area contributed by atoms with Crippen LogP contribution in [0.4, 0.5) is 13.2 Å². The van der Waals surface area contributed by atoms with E-state index >= 15 is 0 Å². The quantitative estimate of drug-likeness (QED) is 0.725. The number of rotatable bonds is 2. The summed E-state index contributed by atoms with van der Waals surface area (Å²) in [4.78, 5) is 3.05. The lowest BCUT2D eigenvalue weighted by atomic mass is 10.1. The molecule has 0 spiro atoms. The summed E-state index contributed by atoms with van der Waals surface area (Å²) < 4.78 is 37.0. The van der Waals surface area contributed by atoms with E-state index in [1.54, 1.807) is 0 Å². The van der Waals surface area contributed by atoms with Gasteiger partial charge in [0.25, 0.3) is 6.43 Å². The minimum atomic E-state index is -2.82. The second-order valence-electron chi connectivity index (χ2n) is 2.58. The average Bonchev–Trinajstić information content (AvgIpc) is 2.09. The van der Waals surface area contributed by atoms with Crippen LogP contribution in [-0.2, 0) is 6.61 Å². The zero-order valence-electron chi connectivity index (χ0n) is 6.89. The van der Waals surface area contributed by atoms with Crippen molar-refractivity contribution in [2.75, 3.05) is 0 Å². The zero-order valence-corrected chi connectivity index (χ0v) is 6.89. The second-order valence-corrected chi connectivity index (χ2v) is 2.58. The molecule has 0 aromatic carbocycles. The van der Waals surface area contributed by atoms with E-state index in [1.807, 2.05) is 0 Å². The van der Waals surface area contributed by atoms with Crippen LogP contribution in [0.2, 0.25) is 0 Å². The first kappa shape index (κ1) is 9.98. The maximum absolute atomic E-state index is 12.8. The normalized spacial score (nSPS) is 10.9. The van der Waals surface area contributed by atoms with Gasteiger partial charge in [-0.05, 0) is 18.6 Å². The van der Waals surface area contributed by atoms with E-state index in [4.69, 9.17) is 5.11 Å². The molecule has 0 fully saturated rings. The summed E-state index contributed by atoms with van der Waals surface area (Å²) in [5.74, 6) is -0.957. The van der Waals surface area contributed by atoms with Crippen LogP contribution in [0, 0.1) is 12.9 Å². The van der Waals surface area contributed by atoms with Crippen molar-refractivity contribution >= 4 is 0 Å². The predicted molar refractivity (Wildman–Crippen MR) is 39.8 cm³/mol. The van der Waals surface area contributed by atoms with Gasteiger partial charge in [-0.1, -0.05) is 0 Å². The topological polar surface area (TPSA) is 33.1 Å². The van der Waals surface area contributed by atoms with E-state index in [2.05, 4.69) is 4.98 Å². The van der Waals surface area contributed by atoms with Crippen molar-refractivity contribution in [1.82, 2.24) is 4.98 Å². The van der Waals surface area contributed by atoms with Gasteiger partial charge in [-0.2, -0.15) is 4.39 Å². The number of aliphatic hydroxyl groups excluding tert-OH is 1. The third-order valence-electron chi connectivity index (χ3n) is 1.73. The van der Waals surface area contributed by atoms with Gasteiger partial charge in [0.2, 0.25) is 5.95 Å². The van der Waals surface area contributed by atoms with E-state index in [9.17, 15) is 13.2 Å². The summed E-state index contributed by atoms with van der Waals surface area (Å²) >= 11 is 0. The van der Waals surface area contributed by atoms with Crippen LogP contribution in [0.1, 0.15) is 23.2 Å². The Morgan fingerprint density at radius 3 is 2.62 bits per heavy atom. The van der Waals surface area contributed by atoms with Crippen molar-refractivity contribution < 1.29 is 18.3 Å². The maximum Gasteiger partial charge on any atom is 0.280 e. The molecule has 1 aromatic heterocycles. The van der Waals surface area contributed by atoms with Gasteiger partial charge in [-0.25, -0.2) is 13.8 Å². The van der Waals surface area contributed by atoms with Gasteiger partial charge in [-0.3, -0.25) is 0 Å². The van der Waals surface area contributed by atoms with E-state index in [1.165, 1.54) is 6.92 Å². The maximum atomic E-state index is 12.8. The van der Waals surface area contributed by atoms with Crippen molar-refractivity contribution in [2.45, 2.75) is 20.0 Å². The number of pyridine rings is 1. The molecule has 0 unspecified atom stereocenters. The first-order valence-electron chi connectivity index (χ1n) is 3.61. The van der Waals surface area contributed by atoms with Crippen LogP contribution in [0.3, 0.4) is 0 Å². The van der Waals surface area contributed by atoms with Crippen LogP contribution in [-0.4, -0.2) is 10.1 Å². The Kier molecular flexibility index (Phi) is 2.87. The molecular weight excluding hydrogens is 183 g/mol. The molecule has 13 heavy (non-hydrogen) atoms. The Balaban J connectivity index is 3.22. The highest BCUT2D eigenvalue weighted by atomic mass is 19.3. The molecule has 0 amide bonds. The van der Waals surface area contributed by atoms with Gasteiger partial charge in [0.15, 0.2) is 0 Å². The number of aromatic nitrogens is 1. The number of nitrogens with zero attached hydrogens (tertiary/aromatic N) is 1. The molecule has 0 radical (unpaired) electrons. The number of aliphatic hydroxyl groups is 1. The molecule has 1 rings (SSSR count). The lowest BCUT2D eigenvalue weighted by Crippen LogP contribution is -2.01. The van der Waals surface area contributed by atoms with Crippen LogP contribution < -0.4 is 0 Å². The number of hydrogen-bond acceptors (Lipinski definition) is 2. The molecule has 0 aliphatic rings. The van der Waals surface area contributed by atoms with Crippen molar-refractivity contribution in [2.24, 2.45) is 0 Å². The summed E-state index contributed by atoms with van der Waals surface area (Å²) in [6.45, 7) is 0.911. The largest absolute Gasteiger partial charge is 0.392 e. The Hall–Kier alpha value is -1.10. The van der Waals surface area contributed by atoms with Gasteiger partial charge in [0.1, 0.15) is 5.69 Å². The van der Waals surface area contributed by atoms with Crippen LogP contribution in [0.25, 0.3) is 0 Å². The minimum Gasteiger partial charge on any atom is -0.392 e. The summed E-state index contributed by atoms with van der Waals surface area (Å²) in [7, 11) is 0. The molecule has 72 valence electrons. The third-order valence-corrected chi connectivity index (χ3v) is 1.73. The van der Waals surface area contributed by atoms with Crippen LogP contribution >= 0.6 is 0 Å². The van der Waals surface area contributed by atoms with Gasteiger partial charge in [0, 0.05) is 5.56 Å². The fraction of sp³-hybridized carbons (Fsp3) is 0.375. The van der Waals surface area contributed by atoms with Gasteiger partial charge >= 0.3 is 0 Å². The van der Waals surface area contributed by atoms with Crippen molar-refractivity contribution in [1.29, 1.82) is 0 Å². The molecule has 0 saturated heterocycles. The molecule has 0 saturated carbocycles. The third kappa shape index (κ3) is 1.98. The van der Waals surface area contributed by atoms with Crippen molar-refractivity contribution in [3.63, 3.8) is 0 Å². The number of halogens is 3. The first-order chi connectivity index (χ1) is 6.06. The molecule has 1 N–H and O–H groups in total. The number of alkyl halides is 2. The summed E-state index contributed by atoms with van der Waals surface area (Å²) in [5.41, 5.74) is -0.401. The monoisotopic (exact) mass is 191 g/mol.